The average molecular weight is 407 g/mol. The fraction of sp³-hybridized carbons (Fsp3) is 0.0952. The number of fused-ring (bicyclic) bond motifs is 1. The number of pyridine rings is 2. The van der Waals surface area contributed by atoms with Gasteiger partial charge in [0.1, 0.15) is 17.3 Å². The molecule has 144 valence electrons. The Balaban J connectivity index is 1.95. The van der Waals surface area contributed by atoms with Crippen LogP contribution in [0.5, 0.6) is 0 Å². The van der Waals surface area contributed by atoms with Gasteiger partial charge in [-0.25, -0.2) is 13.8 Å². The second-order valence-electron chi connectivity index (χ2n) is 6.54. The van der Waals surface area contributed by atoms with Gasteiger partial charge in [-0.05, 0) is 60.8 Å². The molecular weight excluding hydrogens is 392 g/mol. The lowest BCUT2D eigenvalue weighted by Crippen LogP contribution is -2.01. The fourth-order valence-electron chi connectivity index (χ4n) is 3.23. The van der Waals surface area contributed by atoms with Crippen molar-refractivity contribution in [1.82, 2.24) is 14.4 Å². The van der Waals surface area contributed by atoms with Gasteiger partial charge in [0.15, 0.2) is 0 Å². The van der Waals surface area contributed by atoms with E-state index in [1.54, 1.807) is 16.5 Å². The molecule has 5 nitrogen and oxygen atoms in total. The first-order valence-electron chi connectivity index (χ1n) is 8.69. The standard InChI is InChI=1S/C21H15F2N5S/c1-12-3-5-28-18(8-14-7-13(11-24)2-4-26-14)21(27-19(28)6-12)20-16(22)9-15(29-25)10-17(20)23/h2-7,9-10H,8,25H2,1H3. The van der Waals surface area contributed by atoms with Crippen LogP contribution in [0.2, 0.25) is 0 Å². The van der Waals surface area contributed by atoms with Crippen molar-refractivity contribution < 1.29 is 8.78 Å². The zero-order valence-corrected chi connectivity index (χ0v) is 16.2. The molecule has 3 aromatic heterocycles. The Morgan fingerprint density at radius 3 is 2.62 bits per heavy atom. The zero-order valence-electron chi connectivity index (χ0n) is 15.4. The monoisotopic (exact) mass is 407 g/mol. The van der Waals surface area contributed by atoms with Crippen molar-refractivity contribution in [3.8, 4) is 17.3 Å². The van der Waals surface area contributed by atoms with E-state index < -0.39 is 11.6 Å². The van der Waals surface area contributed by atoms with E-state index >= 15 is 0 Å². The lowest BCUT2D eigenvalue weighted by molar-refractivity contribution is 0.582. The Morgan fingerprint density at radius 1 is 1.17 bits per heavy atom. The number of hydrogen-bond donors (Lipinski definition) is 1. The maximum atomic E-state index is 14.8. The highest BCUT2D eigenvalue weighted by atomic mass is 32.2. The van der Waals surface area contributed by atoms with Crippen LogP contribution in [0.15, 0.2) is 53.7 Å². The summed E-state index contributed by atoms with van der Waals surface area (Å²) < 4.78 is 31.4. The first-order valence-corrected chi connectivity index (χ1v) is 9.57. The summed E-state index contributed by atoms with van der Waals surface area (Å²) in [6, 6.07) is 11.4. The van der Waals surface area contributed by atoms with E-state index in [1.165, 1.54) is 18.3 Å². The van der Waals surface area contributed by atoms with E-state index in [0.717, 1.165) is 17.5 Å². The summed E-state index contributed by atoms with van der Waals surface area (Å²) in [4.78, 5) is 9.09. The number of nitrogens with two attached hydrogens (primary N) is 1. The van der Waals surface area contributed by atoms with Gasteiger partial charge in [0.2, 0.25) is 0 Å². The van der Waals surface area contributed by atoms with Crippen LogP contribution in [-0.2, 0) is 6.42 Å². The van der Waals surface area contributed by atoms with E-state index in [2.05, 4.69) is 16.0 Å². The molecule has 8 heteroatoms. The van der Waals surface area contributed by atoms with Crippen molar-refractivity contribution in [1.29, 1.82) is 5.26 Å². The molecule has 0 amide bonds. The van der Waals surface area contributed by atoms with Gasteiger partial charge in [-0.2, -0.15) is 5.26 Å². The van der Waals surface area contributed by atoms with E-state index in [9.17, 15) is 8.78 Å². The van der Waals surface area contributed by atoms with Crippen LogP contribution < -0.4 is 5.14 Å². The first kappa shape index (κ1) is 19.1. The normalized spacial score (nSPS) is 11.0. The topological polar surface area (TPSA) is 80.0 Å². The van der Waals surface area contributed by atoms with Gasteiger partial charge in [-0.15, -0.1) is 0 Å². The molecule has 0 aliphatic heterocycles. The Hall–Kier alpha value is -3.28. The second kappa shape index (κ2) is 7.62. The van der Waals surface area contributed by atoms with Crippen LogP contribution in [0.25, 0.3) is 16.9 Å². The molecule has 0 saturated heterocycles. The molecule has 2 N–H and O–H groups in total. The first-order chi connectivity index (χ1) is 14.0. The predicted octanol–water partition coefficient (Wildman–Crippen LogP) is 4.41. The third kappa shape index (κ3) is 3.58. The number of rotatable bonds is 4. The lowest BCUT2D eigenvalue weighted by Gasteiger charge is -2.09. The van der Waals surface area contributed by atoms with E-state index in [-0.39, 0.29) is 22.6 Å². The lowest BCUT2D eigenvalue weighted by atomic mass is 10.1. The molecule has 1 aromatic carbocycles. The molecule has 0 aliphatic rings. The molecule has 0 fully saturated rings. The summed E-state index contributed by atoms with van der Waals surface area (Å²) in [5.74, 6) is -1.48. The summed E-state index contributed by atoms with van der Waals surface area (Å²) in [5.41, 5.74) is 3.17. The van der Waals surface area contributed by atoms with Gasteiger partial charge in [-0.1, -0.05) is 0 Å². The van der Waals surface area contributed by atoms with Crippen LogP contribution in [0.3, 0.4) is 0 Å². The van der Waals surface area contributed by atoms with Gasteiger partial charge in [-0.3, -0.25) is 10.1 Å². The predicted molar refractivity (Wildman–Crippen MR) is 107 cm³/mol. The molecule has 0 bridgehead atoms. The number of nitriles is 1. The van der Waals surface area contributed by atoms with Gasteiger partial charge in [0, 0.05) is 29.4 Å². The van der Waals surface area contributed by atoms with Crippen LogP contribution in [0, 0.1) is 29.9 Å². The highest BCUT2D eigenvalue weighted by molar-refractivity contribution is 7.97. The van der Waals surface area contributed by atoms with Crippen molar-refractivity contribution in [3.63, 3.8) is 0 Å². The molecule has 3 heterocycles. The summed E-state index contributed by atoms with van der Waals surface area (Å²) in [6.07, 6.45) is 3.60. The van der Waals surface area contributed by atoms with Crippen molar-refractivity contribution in [2.45, 2.75) is 18.2 Å². The van der Waals surface area contributed by atoms with Crippen molar-refractivity contribution >= 4 is 17.6 Å². The van der Waals surface area contributed by atoms with Crippen molar-refractivity contribution in [2.75, 3.05) is 0 Å². The Bertz CT molecular complexity index is 1250. The Morgan fingerprint density at radius 2 is 1.93 bits per heavy atom. The number of aryl methyl sites for hydroxylation is 1. The highest BCUT2D eigenvalue weighted by Gasteiger charge is 2.22. The number of nitrogens with zero attached hydrogens (tertiary/aromatic N) is 4. The SMILES string of the molecule is Cc1ccn2c(Cc3cc(C#N)ccn3)c(-c3c(F)cc(SN)cc3F)nc2c1. The Labute approximate surface area is 170 Å². The van der Waals surface area contributed by atoms with Crippen LogP contribution in [-0.4, -0.2) is 14.4 Å². The van der Waals surface area contributed by atoms with Crippen LogP contribution >= 0.6 is 11.9 Å². The zero-order chi connectivity index (χ0) is 20.5. The molecular formula is C21H15F2N5S. The fourth-order valence-corrected chi connectivity index (χ4v) is 3.57. The van der Waals surface area contributed by atoms with Gasteiger partial charge in [0.05, 0.1) is 28.6 Å². The maximum Gasteiger partial charge on any atom is 0.137 e. The molecule has 0 saturated carbocycles. The summed E-state index contributed by atoms with van der Waals surface area (Å²) in [7, 11) is 0. The number of benzene rings is 1. The van der Waals surface area contributed by atoms with Gasteiger partial charge in [0.25, 0.3) is 0 Å². The summed E-state index contributed by atoms with van der Waals surface area (Å²) >= 11 is 0.773. The number of imidazole rings is 1. The number of hydrogen-bond acceptors (Lipinski definition) is 5. The number of aromatic nitrogens is 3. The van der Waals surface area contributed by atoms with E-state index in [1.807, 2.05) is 25.3 Å². The minimum Gasteiger partial charge on any atom is -0.303 e. The molecule has 0 atom stereocenters. The van der Waals surface area contributed by atoms with Crippen LogP contribution in [0.1, 0.15) is 22.5 Å². The summed E-state index contributed by atoms with van der Waals surface area (Å²) in [5, 5.41) is 14.6. The third-order valence-corrected chi connectivity index (χ3v) is 5.07. The summed E-state index contributed by atoms with van der Waals surface area (Å²) in [6.45, 7) is 1.92. The molecule has 0 unspecified atom stereocenters. The highest BCUT2D eigenvalue weighted by Crippen LogP contribution is 2.33. The smallest absolute Gasteiger partial charge is 0.137 e. The van der Waals surface area contributed by atoms with Crippen molar-refractivity contribution in [2.24, 2.45) is 5.14 Å². The molecule has 0 radical (unpaired) electrons. The van der Waals surface area contributed by atoms with Crippen molar-refractivity contribution in [3.05, 3.63) is 82.9 Å². The average Bonchev–Trinajstić information content (AvgIpc) is 3.04. The molecule has 0 spiro atoms. The van der Waals surface area contributed by atoms with E-state index in [4.69, 9.17) is 10.4 Å². The Kier molecular flexibility index (Phi) is 5.01. The largest absolute Gasteiger partial charge is 0.303 e. The minimum atomic E-state index is -0.738. The quantitative estimate of drug-likeness (QED) is 0.507. The van der Waals surface area contributed by atoms with Gasteiger partial charge < -0.3 is 4.40 Å². The third-order valence-electron chi connectivity index (χ3n) is 4.56. The second-order valence-corrected chi connectivity index (χ2v) is 7.25. The molecule has 4 aromatic rings. The maximum absolute atomic E-state index is 14.8. The molecule has 0 aliphatic carbocycles. The van der Waals surface area contributed by atoms with Crippen LogP contribution in [0.4, 0.5) is 8.78 Å². The van der Waals surface area contributed by atoms with E-state index in [0.29, 0.717) is 22.6 Å². The molecule has 4 rings (SSSR count). The minimum absolute atomic E-state index is 0.198. The van der Waals surface area contributed by atoms with Gasteiger partial charge >= 0.3 is 0 Å². The number of halogens is 2. The molecule has 29 heavy (non-hydrogen) atoms.